The first-order valence-electron chi connectivity index (χ1n) is 7.86. The van der Waals surface area contributed by atoms with Crippen LogP contribution in [0.3, 0.4) is 0 Å². The minimum absolute atomic E-state index is 0.0319. The summed E-state index contributed by atoms with van der Waals surface area (Å²) in [6.07, 6.45) is 0. The van der Waals surface area contributed by atoms with E-state index in [0.717, 1.165) is 0 Å². The molecule has 2 rings (SSSR count). The van der Waals surface area contributed by atoms with Crippen molar-refractivity contribution in [2.75, 3.05) is 50.1 Å². The smallest absolute Gasteiger partial charge is 0.321 e. The fourth-order valence-electron chi connectivity index (χ4n) is 2.48. The molecule has 138 valence electrons. The predicted molar refractivity (Wildman–Crippen MR) is 92.9 cm³/mol. The molecule has 0 aliphatic carbocycles. The van der Waals surface area contributed by atoms with Gasteiger partial charge >= 0.3 is 12.0 Å². The van der Waals surface area contributed by atoms with Gasteiger partial charge in [-0.1, -0.05) is 18.5 Å². The molecule has 0 radical (unpaired) electrons. The van der Waals surface area contributed by atoms with Gasteiger partial charge in [0.25, 0.3) is 0 Å². The molecular weight excluding hydrogens is 353 g/mol. The van der Waals surface area contributed by atoms with E-state index in [4.69, 9.17) is 21.4 Å². The fourth-order valence-corrected chi connectivity index (χ4v) is 2.64. The average Bonchev–Trinajstić information content (AvgIpc) is 2.58. The molecule has 1 heterocycles. The highest BCUT2D eigenvalue weighted by molar-refractivity contribution is 6.31. The second-order valence-corrected chi connectivity index (χ2v) is 6.34. The normalized spacial score (nSPS) is 15.6. The average molecular weight is 374 g/mol. The summed E-state index contributed by atoms with van der Waals surface area (Å²) in [6.45, 7) is 3.78. The summed E-state index contributed by atoms with van der Waals surface area (Å²) in [6, 6.07) is 2.11. The van der Waals surface area contributed by atoms with Crippen LogP contribution in [0, 0.1) is 11.7 Å². The van der Waals surface area contributed by atoms with Crippen LogP contribution < -0.4 is 10.2 Å². The molecule has 1 fully saturated rings. The zero-order chi connectivity index (χ0) is 18.6. The maximum atomic E-state index is 13.9. The van der Waals surface area contributed by atoms with Crippen LogP contribution in [0.5, 0.6) is 0 Å². The van der Waals surface area contributed by atoms with Gasteiger partial charge in [-0.25, -0.2) is 9.18 Å². The molecule has 1 aliphatic rings. The van der Waals surface area contributed by atoms with E-state index in [1.54, 1.807) is 0 Å². The van der Waals surface area contributed by atoms with Gasteiger partial charge in [0.15, 0.2) is 0 Å². The lowest BCUT2D eigenvalue weighted by molar-refractivity contribution is -0.141. The zero-order valence-electron chi connectivity index (χ0n) is 14.1. The summed E-state index contributed by atoms with van der Waals surface area (Å²) >= 11 is 5.89. The molecular formula is C16H21ClFN3O4. The van der Waals surface area contributed by atoms with Gasteiger partial charge in [-0.2, -0.15) is 0 Å². The van der Waals surface area contributed by atoms with Gasteiger partial charge in [0.1, 0.15) is 5.82 Å². The van der Waals surface area contributed by atoms with Crippen LogP contribution in [-0.2, 0) is 9.53 Å². The highest BCUT2D eigenvalue weighted by atomic mass is 35.5. The van der Waals surface area contributed by atoms with Crippen molar-refractivity contribution in [3.05, 3.63) is 23.0 Å². The highest BCUT2D eigenvalue weighted by Crippen LogP contribution is 2.32. The molecule has 2 N–H and O–H groups in total. The number of halogens is 2. The fraction of sp³-hybridized carbons (Fsp3) is 0.500. The van der Waals surface area contributed by atoms with E-state index >= 15 is 0 Å². The molecule has 1 aromatic carbocycles. The van der Waals surface area contributed by atoms with E-state index in [1.807, 2.05) is 4.90 Å². The summed E-state index contributed by atoms with van der Waals surface area (Å²) in [5, 5.41) is 11.5. The van der Waals surface area contributed by atoms with Crippen LogP contribution in [-0.4, -0.2) is 61.9 Å². The second-order valence-electron chi connectivity index (χ2n) is 5.93. The minimum atomic E-state index is -0.994. The monoisotopic (exact) mass is 373 g/mol. The molecule has 0 spiro atoms. The minimum Gasteiger partial charge on any atom is -0.481 e. The molecule has 1 aromatic rings. The number of ether oxygens (including phenoxy) is 1. The van der Waals surface area contributed by atoms with Gasteiger partial charge in [-0.3, -0.25) is 4.79 Å². The van der Waals surface area contributed by atoms with Gasteiger partial charge in [-0.05, 0) is 6.07 Å². The number of urea groups is 1. The summed E-state index contributed by atoms with van der Waals surface area (Å²) < 4.78 is 19.2. The topological polar surface area (TPSA) is 82.1 Å². The standard InChI is InChI=1S/C16H21ClFN3O4/c1-10(15(22)23)9-20(2)16(24)19-13-8-12(18)11(17)7-14(13)21-3-5-25-6-4-21/h7-8,10H,3-6,9H2,1-2H3,(H,19,24)(H,22,23). The number of carboxylic acid groups (broad SMARTS) is 1. The molecule has 1 saturated heterocycles. The van der Waals surface area contributed by atoms with E-state index in [2.05, 4.69) is 5.32 Å². The number of amides is 2. The zero-order valence-corrected chi connectivity index (χ0v) is 14.8. The first-order valence-corrected chi connectivity index (χ1v) is 8.24. The first kappa shape index (κ1) is 19.3. The Morgan fingerprint density at radius 1 is 1.44 bits per heavy atom. The van der Waals surface area contributed by atoms with E-state index in [1.165, 1.54) is 31.0 Å². The van der Waals surface area contributed by atoms with Gasteiger partial charge in [-0.15, -0.1) is 0 Å². The Balaban J connectivity index is 2.18. The van der Waals surface area contributed by atoms with Crippen molar-refractivity contribution in [1.29, 1.82) is 0 Å². The number of hydrogen-bond acceptors (Lipinski definition) is 4. The van der Waals surface area contributed by atoms with Crippen molar-refractivity contribution >= 4 is 35.0 Å². The number of anilines is 2. The Morgan fingerprint density at radius 3 is 2.68 bits per heavy atom. The molecule has 9 heteroatoms. The lowest BCUT2D eigenvalue weighted by Crippen LogP contribution is -2.39. The van der Waals surface area contributed by atoms with Crippen LogP contribution in [0.2, 0.25) is 5.02 Å². The number of carbonyl (C=O) groups excluding carboxylic acids is 1. The van der Waals surface area contributed by atoms with Crippen molar-refractivity contribution < 1.29 is 23.8 Å². The molecule has 1 unspecified atom stereocenters. The number of carboxylic acids is 1. The Labute approximate surface area is 150 Å². The molecule has 0 bridgehead atoms. The van der Waals surface area contributed by atoms with Crippen molar-refractivity contribution in [2.24, 2.45) is 5.92 Å². The third-order valence-electron chi connectivity index (χ3n) is 3.95. The summed E-state index contributed by atoms with van der Waals surface area (Å²) in [5.74, 6) is -2.35. The summed E-state index contributed by atoms with van der Waals surface area (Å²) in [4.78, 5) is 26.4. The van der Waals surface area contributed by atoms with Crippen LogP contribution in [0.25, 0.3) is 0 Å². The molecule has 25 heavy (non-hydrogen) atoms. The van der Waals surface area contributed by atoms with E-state index in [0.29, 0.717) is 32.0 Å². The van der Waals surface area contributed by atoms with Gasteiger partial charge in [0, 0.05) is 32.7 Å². The van der Waals surface area contributed by atoms with E-state index < -0.39 is 23.7 Å². The third-order valence-corrected chi connectivity index (χ3v) is 4.24. The van der Waals surface area contributed by atoms with Crippen LogP contribution in [0.4, 0.5) is 20.6 Å². The van der Waals surface area contributed by atoms with Crippen molar-refractivity contribution in [1.82, 2.24) is 4.90 Å². The number of morpholine rings is 1. The van der Waals surface area contributed by atoms with Crippen LogP contribution in [0.1, 0.15) is 6.92 Å². The van der Waals surface area contributed by atoms with Crippen LogP contribution in [0.15, 0.2) is 12.1 Å². The number of hydrogen-bond donors (Lipinski definition) is 2. The summed E-state index contributed by atoms with van der Waals surface area (Å²) in [5.41, 5.74) is 0.881. The Hall–Kier alpha value is -2.06. The number of nitrogens with zero attached hydrogens (tertiary/aromatic N) is 2. The van der Waals surface area contributed by atoms with Gasteiger partial charge < -0.3 is 25.0 Å². The SMILES string of the molecule is CC(CN(C)C(=O)Nc1cc(F)c(Cl)cc1N1CCOCC1)C(=O)O. The van der Waals surface area contributed by atoms with E-state index in [-0.39, 0.29) is 17.3 Å². The molecule has 1 aliphatic heterocycles. The largest absolute Gasteiger partial charge is 0.481 e. The number of benzene rings is 1. The predicted octanol–water partition coefficient (Wildman–Crippen LogP) is 2.50. The van der Waals surface area contributed by atoms with Crippen molar-refractivity contribution in [2.45, 2.75) is 6.92 Å². The molecule has 7 nitrogen and oxygen atoms in total. The number of carbonyl (C=O) groups is 2. The van der Waals surface area contributed by atoms with Crippen LogP contribution >= 0.6 is 11.6 Å². The van der Waals surface area contributed by atoms with Gasteiger partial charge in [0.2, 0.25) is 0 Å². The highest BCUT2D eigenvalue weighted by Gasteiger charge is 2.21. The lowest BCUT2D eigenvalue weighted by atomic mass is 10.2. The molecule has 1 atom stereocenters. The molecule has 2 amide bonds. The van der Waals surface area contributed by atoms with Crippen molar-refractivity contribution in [3.63, 3.8) is 0 Å². The molecule has 0 aromatic heterocycles. The van der Waals surface area contributed by atoms with Gasteiger partial charge in [0.05, 0.1) is 35.5 Å². The van der Waals surface area contributed by atoms with Crippen molar-refractivity contribution in [3.8, 4) is 0 Å². The maximum absolute atomic E-state index is 13.9. The summed E-state index contributed by atoms with van der Waals surface area (Å²) in [7, 11) is 1.48. The lowest BCUT2D eigenvalue weighted by Gasteiger charge is -2.31. The Morgan fingerprint density at radius 2 is 2.08 bits per heavy atom. The van der Waals surface area contributed by atoms with E-state index in [9.17, 15) is 14.0 Å². The Bertz CT molecular complexity index is 653. The number of aliphatic carboxylic acids is 1. The maximum Gasteiger partial charge on any atom is 0.321 e. The molecule has 0 saturated carbocycles. The quantitative estimate of drug-likeness (QED) is 0.828. The second kappa shape index (κ2) is 8.35. The number of rotatable bonds is 5. The number of nitrogens with one attached hydrogen (secondary N) is 1. The first-order chi connectivity index (χ1) is 11.8. The Kier molecular flexibility index (Phi) is 6.44. The third kappa shape index (κ3) is 4.96.